The summed E-state index contributed by atoms with van der Waals surface area (Å²) >= 11 is 2.61. The van der Waals surface area contributed by atoms with Crippen molar-refractivity contribution < 1.29 is 19.4 Å². The average Bonchev–Trinajstić information content (AvgIpc) is 3.47. The maximum Gasteiger partial charge on any atom is 0.313 e. The van der Waals surface area contributed by atoms with Crippen molar-refractivity contribution in [2.24, 2.45) is 4.99 Å². The minimum atomic E-state index is -0.856. The predicted molar refractivity (Wildman–Crippen MR) is 154 cm³/mol. The Labute approximate surface area is 228 Å². The summed E-state index contributed by atoms with van der Waals surface area (Å²) in [6.07, 6.45) is 4.54. The van der Waals surface area contributed by atoms with Crippen molar-refractivity contribution in [1.29, 1.82) is 0 Å². The number of methoxy groups -OCH3 is 1. The highest BCUT2D eigenvalue weighted by atomic mass is 32.2. The molecule has 7 nitrogen and oxygen atoms in total. The molecule has 0 spiro atoms. The fourth-order valence-corrected chi connectivity index (χ4v) is 5.73. The lowest BCUT2D eigenvalue weighted by molar-refractivity contribution is -0.134. The number of aliphatic imine (C=N–C) groups is 1. The molecule has 0 aliphatic carbocycles. The summed E-state index contributed by atoms with van der Waals surface area (Å²) in [5, 5.41) is 10.7. The normalized spacial score (nSPS) is 15.6. The lowest BCUT2D eigenvalue weighted by Crippen LogP contribution is -2.31. The number of aliphatic carboxylic acids is 1. The number of carbonyl (C=O) groups is 2. The molecule has 3 aromatic carbocycles. The zero-order valence-corrected chi connectivity index (χ0v) is 22.2. The Morgan fingerprint density at radius 1 is 1.11 bits per heavy atom. The fraction of sp³-hybridized carbons (Fsp3) is 0.138. The van der Waals surface area contributed by atoms with E-state index in [0.29, 0.717) is 23.0 Å². The molecule has 1 aromatic heterocycles. The quantitative estimate of drug-likeness (QED) is 0.193. The summed E-state index contributed by atoms with van der Waals surface area (Å²) in [5.74, 6) is -0.200. The van der Waals surface area contributed by atoms with Gasteiger partial charge in [-0.1, -0.05) is 30.3 Å². The molecule has 0 radical (unpaired) electrons. The van der Waals surface area contributed by atoms with Gasteiger partial charge < -0.3 is 14.8 Å². The molecule has 1 aliphatic heterocycles. The van der Waals surface area contributed by atoms with Crippen LogP contribution in [0.2, 0.25) is 0 Å². The number of nitrogens with one attached hydrogen (secondary N) is 1. The van der Waals surface area contributed by atoms with E-state index in [0.717, 1.165) is 38.4 Å². The fourth-order valence-electron chi connectivity index (χ4n) is 4.08. The number of H-pyrrole nitrogens is 1. The minimum Gasteiger partial charge on any atom is -0.497 e. The number of ether oxygens (including phenoxy) is 1. The molecule has 0 atom stereocenters. The van der Waals surface area contributed by atoms with Gasteiger partial charge in [0.1, 0.15) is 5.75 Å². The Hall–Kier alpha value is -3.95. The second-order valence-corrected chi connectivity index (χ2v) is 10.6. The van der Waals surface area contributed by atoms with Gasteiger partial charge in [0.2, 0.25) is 0 Å². The van der Waals surface area contributed by atoms with Crippen LogP contribution in [-0.2, 0) is 16.0 Å². The van der Waals surface area contributed by atoms with Crippen LogP contribution < -0.4 is 4.74 Å². The highest BCUT2D eigenvalue weighted by Crippen LogP contribution is 2.35. The topological polar surface area (TPSA) is 95.0 Å². The van der Waals surface area contributed by atoms with E-state index in [9.17, 15) is 9.59 Å². The van der Waals surface area contributed by atoms with Crippen LogP contribution in [0, 0.1) is 0 Å². The Bertz CT molecular complexity index is 1530. The van der Waals surface area contributed by atoms with Gasteiger partial charge in [0.25, 0.3) is 5.91 Å². The summed E-state index contributed by atoms with van der Waals surface area (Å²) in [6, 6.07) is 23.1. The lowest BCUT2D eigenvalue weighted by Gasteiger charge is -2.15. The van der Waals surface area contributed by atoms with E-state index < -0.39 is 5.97 Å². The largest absolute Gasteiger partial charge is 0.497 e. The van der Waals surface area contributed by atoms with Gasteiger partial charge in [-0.2, -0.15) is 0 Å². The maximum absolute atomic E-state index is 13.5. The van der Waals surface area contributed by atoms with E-state index in [4.69, 9.17) is 14.8 Å². The van der Waals surface area contributed by atoms with Crippen molar-refractivity contribution in [2.75, 3.05) is 19.4 Å². The number of benzene rings is 3. The zero-order valence-electron chi connectivity index (χ0n) is 20.6. The number of rotatable bonds is 9. The van der Waals surface area contributed by atoms with Crippen molar-refractivity contribution in [3.8, 4) is 5.75 Å². The third kappa shape index (κ3) is 5.95. The van der Waals surface area contributed by atoms with E-state index in [1.165, 1.54) is 23.5 Å². The molecular formula is C29H25N3O4S2. The van der Waals surface area contributed by atoms with Gasteiger partial charge in [0.05, 0.1) is 23.5 Å². The summed E-state index contributed by atoms with van der Waals surface area (Å²) in [4.78, 5) is 35.6. The highest BCUT2D eigenvalue weighted by Gasteiger charge is 2.33. The van der Waals surface area contributed by atoms with Gasteiger partial charge >= 0.3 is 5.97 Å². The standard InChI is InChI=1S/C29H25N3O4S2/c1-36-22-10-8-21(9-11-22)31-29-32(15-14-20-17-30-25-5-3-2-4-24(20)25)28(35)26(38-29)16-19-6-12-23(13-7-19)37-18-27(33)34/h2-13,16-17,30H,14-15,18H2,1H3,(H,33,34)/b26-16-,31-29?. The second-order valence-electron chi connectivity index (χ2n) is 8.52. The van der Waals surface area contributed by atoms with Gasteiger partial charge in [-0.3, -0.25) is 14.5 Å². The molecule has 38 heavy (non-hydrogen) atoms. The lowest BCUT2D eigenvalue weighted by atomic mass is 10.1. The predicted octanol–water partition coefficient (Wildman–Crippen LogP) is 6.20. The molecule has 1 saturated heterocycles. The molecule has 1 fully saturated rings. The number of amidine groups is 1. The van der Waals surface area contributed by atoms with E-state index >= 15 is 0 Å². The smallest absolute Gasteiger partial charge is 0.313 e. The first-order valence-corrected chi connectivity index (χ1v) is 13.7. The number of aromatic amines is 1. The minimum absolute atomic E-state index is 0.00531. The number of carbonyl (C=O) groups excluding carboxylic acids is 1. The first-order valence-electron chi connectivity index (χ1n) is 11.9. The first-order chi connectivity index (χ1) is 18.5. The van der Waals surface area contributed by atoms with Crippen molar-refractivity contribution in [3.05, 3.63) is 95.0 Å². The number of carboxylic acid groups (broad SMARTS) is 1. The number of nitrogens with zero attached hydrogens (tertiary/aromatic N) is 2. The molecule has 1 amide bonds. The van der Waals surface area contributed by atoms with Gasteiger partial charge in [0, 0.05) is 28.5 Å². The number of hydrogen-bond donors (Lipinski definition) is 2. The number of carboxylic acids is 1. The van der Waals surface area contributed by atoms with Gasteiger partial charge in [0.15, 0.2) is 5.17 Å². The summed E-state index contributed by atoms with van der Waals surface area (Å²) in [5.41, 5.74) is 3.82. The zero-order chi connectivity index (χ0) is 26.5. The molecule has 0 bridgehead atoms. The molecule has 2 heterocycles. The van der Waals surface area contributed by atoms with Crippen LogP contribution in [0.25, 0.3) is 17.0 Å². The molecule has 5 rings (SSSR count). The van der Waals surface area contributed by atoms with Crippen LogP contribution in [0.1, 0.15) is 11.1 Å². The summed E-state index contributed by atoms with van der Waals surface area (Å²) in [6.45, 7) is 0.491. The molecule has 9 heteroatoms. The van der Waals surface area contributed by atoms with Gasteiger partial charge in [-0.15, -0.1) is 11.8 Å². The molecule has 0 saturated carbocycles. The monoisotopic (exact) mass is 543 g/mol. The first kappa shape index (κ1) is 25.7. The van der Waals surface area contributed by atoms with Crippen LogP contribution in [0.5, 0.6) is 5.75 Å². The Kier molecular flexibility index (Phi) is 7.86. The molecule has 4 aromatic rings. The van der Waals surface area contributed by atoms with Crippen LogP contribution >= 0.6 is 23.5 Å². The third-order valence-electron chi connectivity index (χ3n) is 6.01. The number of fused-ring (bicyclic) bond motifs is 1. The van der Waals surface area contributed by atoms with Crippen molar-refractivity contribution in [1.82, 2.24) is 9.88 Å². The van der Waals surface area contributed by atoms with Gasteiger partial charge in [-0.05, 0) is 77.9 Å². The van der Waals surface area contributed by atoms with Crippen LogP contribution in [0.3, 0.4) is 0 Å². The number of thioether (sulfide) groups is 2. The summed E-state index contributed by atoms with van der Waals surface area (Å²) in [7, 11) is 1.62. The number of aromatic nitrogens is 1. The van der Waals surface area contributed by atoms with Crippen molar-refractivity contribution in [2.45, 2.75) is 11.3 Å². The maximum atomic E-state index is 13.5. The molecule has 0 unspecified atom stereocenters. The second kappa shape index (κ2) is 11.6. The van der Waals surface area contributed by atoms with E-state index in [-0.39, 0.29) is 11.7 Å². The van der Waals surface area contributed by atoms with Crippen molar-refractivity contribution >= 4 is 63.2 Å². The number of amides is 1. The molecular weight excluding hydrogens is 518 g/mol. The van der Waals surface area contributed by atoms with Crippen LogP contribution in [0.4, 0.5) is 5.69 Å². The third-order valence-corrected chi connectivity index (χ3v) is 8.01. The van der Waals surface area contributed by atoms with E-state index in [2.05, 4.69) is 11.1 Å². The molecule has 2 N–H and O–H groups in total. The average molecular weight is 544 g/mol. The van der Waals surface area contributed by atoms with E-state index in [1.807, 2.05) is 79.0 Å². The Morgan fingerprint density at radius 3 is 2.61 bits per heavy atom. The number of para-hydroxylation sites is 1. The number of hydrogen-bond acceptors (Lipinski definition) is 6. The van der Waals surface area contributed by atoms with Crippen LogP contribution in [0.15, 0.2) is 93.8 Å². The Balaban J connectivity index is 1.40. The van der Waals surface area contributed by atoms with Gasteiger partial charge in [-0.25, -0.2) is 4.99 Å². The van der Waals surface area contributed by atoms with E-state index in [1.54, 1.807) is 12.0 Å². The highest BCUT2D eigenvalue weighted by molar-refractivity contribution is 8.18. The molecule has 192 valence electrons. The SMILES string of the molecule is COc1ccc(N=C2S/C(=C\c3ccc(SCC(=O)O)cc3)C(=O)N2CCc2c[nH]c3ccccc23)cc1. The summed E-state index contributed by atoms with van der Waals surface area (Å²) < 4.78 is 5.25. The van der Waals surface area contributed by atoms with Crippen LogP contribution in [-0.4, -0.2) is 51.4 Å². The molecule has 1 aliphatic rings. The Morgan fingerprint density at radius 2 is 1.87 bits per heavy atom. The van der Waals surface area contributed by atoms with Crippen molar-refractivity contribution in [3.63, 3.8) is 0 Å².